The molecule has 2 fully saturated rings. The molecule has 0 bridgehead atoms. The van der Waals surface area contributed by atoms with Crippen LogP contribution in [0.1, 0.15) is 25.3 Å². The van der Waals surface area contributed by atoms with Crippen LogP contribution in [0, 0.1) is 5.92 Å². The summed E-state index contributed by atoms with van der Waals surface area (Å²) in [6.07, 6.45) is 1.82. The van der Waals surface area contributed by atoms with E-state index in [1.54, 1.807) is 0 Å². The van der Waals surface area contributed by atoms with E-state index < -0.39 is 0 Å². The second-order valence-corrected chi connectivity index (χ2v) is 5.90. The average molecular weight is 275 g/mol. The number of amides is 1. The minimum atomic E-state index is -0.200. The number of epoxide rings is 1. The number of hydrogen-bond acceptors (Lipinski definition) is 3. The minimum absolute atomic E-state index is 0.0834. The molecule has 0 radical (unpaired) electrons. The lowest BCUT2D eigenvalue weighted by Crippen LogP contribution is -2.41. The molecule has 3 rings (SSSR count). The summed E-state index contributed by atoms with van der Waals surface area (Å²) >= 11 is 0. The number of carbonyl (C=O) groups excluding carboxylic acids is 1. The molecule has 2 saturated heterocycles. The molecular weight excluding hydrogens is 254 g/mol. The Hall–Kier alpha value is -1.55. The maximum Gasteiger partial charge on any atom is 0.410 e. The van der Waals surface area contributed by atoms with Gasteiger partial charge in [0, 0.05) is 13.1 Å². The summed E-state index contributed by atoms with van der Waals surface area (Å²) in [6.45, 7) is 4.94. The number of rotatable bonds is 3. The first-order valence-electron chi connectivity index (χ1n) is 7.27. The van der Waals surface area contributed by atoms with Crippen LogP contribution in [0.25, 0.3) is 0 Å². The van der Waals surface area contributed by atoms with Crippen LogP contribution in [0.4, 0.5) is 4.79 Å². The summed E-state index contributed by atoms with van der Waals surface area (Å²) in [4.78, 5) is 13.8. The van der Waals surface area contributed by atoms with Gasteiger partial charge < -0.3 is 14.4 Å². The molecule has 2 aliphatic rings. The number of hydrogen-bond donors (Lipinski definition) is 0. The van der Waals surface area contributed by atoms with Crippen molar-refractivity contribution in [3.8, 4) is 0 Å². The molecular formula is C16H21NO3. The highest BCUT2D eigenvalue weighted by atomic mass is 16.6. The molecule has 1 aromatic carbocycles. The molecule has 0 spiro atoms. The van der Waals surface area contributed by atoms with Gasteiger partial charge >= 0.3 is 6.09 Å². The molecule has 4 heteroatoms. The van der Waals surface area contributed by atoms with Crippen molar-refractivity contribution in [3.63, 3.8) is 0 Å². The number of nitrogens with zero attached hydrogens (tertiary/aromatic N) is 1. The first kappa shape index (κ1) is 13.4. The predicted octanol–water partition coefficient (Wildman–Crippen LogP) is 2.82. The van der Waals surface area contributed by atoms with Gasteiger partial charge in [0.25, 0.3) is 0 Å². The van der Waals surface area contributed by atoms with Crippen molar-refractivity contribution >= 4 is 6.09 Å². The fourth-order valence-corrected chi connectivity index (χ4v) is 2.83. The van der Waals surface area contributed by atoms with Gasteiger partial charge in [-0.15, -0.1) is 0 Å². The standard InChI is InChI=1S/C16H21NO3/c1-16(12-20-16)14-7-9-17(10-8-14)15(18)19-11-13-5-3-2-4-6-13/h2-6,14H,7-12H2,1H3. The van der Waals surface area contributed by atoms with Gasteiger partial charge in [-0.3, -0.25) is 0 Å². The van der Waals surface area contributed by atoms with Crippen LogP contribution in [0.15, 0.2) is 30.3 Å². The van der Waals surface area contributed by atoms with E-state index in [1.807, 2.05) is 35.2 Å². The first-order valence-corrected chi connectivity index (χ1v) is 7.27. The third kappa shape index (κ3) is 2.96. The molecule has 20 heavy (non-hydrogen) atoms. The highest BCUT2D eigenvalue weighted by molar-refractivity contribution is 5.67. The fourth-order valence-electron chi connectivity index (χ4n) is 2.83. The van der Waals surface area contributed by atoms with Crippen LogP contribution in [0.2, 0.25) is 0 Å². The molecule has 4 nitrogen and oxygen atoms in total. The Morgan fingerprint density at radius 3 is 2.60 bits per heavy atom. The molecule has 2 aliphatic heterocycles. The molecule has 1 amide bonds. The Bertz CT molecular complexity index is 462. The molecule has 2 heterocycles. The van der Waals surface area contributed by atoms with Crippen LogP contribution < -0.4 is 0 Å². The summed E-state index contributed by atoms with van der Waals surface area (Å²) in [5, 5.41) is 0. The van der Waals surface area contributed by atoms with E-state index in [2.05, 4.69) is 6.92 Å². The van der Waals surface area contributed by atoms with E-state index in [1.165, 1.54) is 0 Å². The van der Waals surface area contributed by atoms with Crippen molar-refractivity contribution in [2.24, 2.45) is 5.92 Å². The van der Waals surface area contributed by atoms with Gasteiger partial charge in [-0.2, -0.15) is 0 Å². The van der Waals surface area contributed by atoms with Crippen molar-refractivity contribution in [1.29, 1.82) is 0 Å². The Balaban J connectivity index is 1.45. The fraction of sp³-hybridized carbons (Fsp3) is 0.562. The van der Waals surface area contributed by atoms with Crippen LogP contribution in [0.5, 0.6) is 0 Å². The van der Waals surface area contributed by atoms with Crippen molar-refractivity contribution in [1.82, 2.24) is 4.90 Å². The van der Waals surface area contributed by atoms with Crippen LogP contribution in [-0.4, -0.2) is 36.3 Å². The summed E-state index contributed by atoms with van der Waals surface area (Å²) in [5.41, 5.74) is 1.11. The van der Waals surface area contributed by atoms with Gasteiger partial charge in [0.2, 0.25) is 0 Å². The predicted molar refractivity (Wildman–Crippen MR) is 75.3 cm³/mol. The highest BCUT2D eigenvalue weighted by Crippen LogP contribution is 2.40. The smallest absolute Gasteiger partial charge is 0.410 e. The summed E-state index contributed by atoms with van der Waals surface area (Å²) in [6, 6.07) is 9.78. The molecule has 1 aromatic rings. The van der Waals surface area contributed by atoms with E-state index in [-0.39, 0.29) is 11.7 Å². The van der Waals surface area contributed by atoms with E-state index >= 15 is 0 Å². The monoisotopic (exact) mass is 275 g/mol. The van der Waals surface area contributed by atoms with Crippen molar-refractivity contribution in [2.75, 3.05) is 19.7 Å². The van der Waals surface area contributed by atoms with Crippen LogP contribution in [-0.2, 0) is 16.1 Å². The third-order valence-electron chi connectivity index (χ3n) is 4.42. The third-order valence-corrected chi connectivity index (χ3v) is 4.42. The van der Waals surface area contributed by atoms with Crippen molar-refractivity contribution in [2.45, 2.75) is 32.0 Å². The Morgan fingerprint density at radius 1 is 1.35 bits per heavy atom. The van der Waals surface area contributed by atoms with Crippen LogP contribution in [0.3, 0.4) is 0 Å². The number of likely N-dealkylation sites (tertiary alicyclic amines) is 1. The summed E-state index contributed by atoms with van der Waals surface area (Å²) < 4.78 is 10.9. The lowest BCUT2D eigenvalue weighted by atomic mass is 9.86. The zero-order valence-electron chi connectivity index (χ0n) is 11.9. The van der Waals surface area contributed by atoms with E-state index in [0.29, 0.717) is 12.5 Å². The largest absolute Gasteiger partial charge is 0.445 e. The lowest BCUT2D eigenvalue weighted by molar-refractivity contribution is 0.0717. The van der Waals surface area contributed by atoms with E-state index in [0.717, 1.165) is 38.1 Å². The Labute approximate surface area is 119 Å². The maximum atomic E-state index is 12.0. The number of piperidine rings is 1. The molecule has 0 aromatic heterocycles. The van der Waals surface area contributed by atoms with Gasteiger partial charge in [0.1, 0.15) is 6.61 Å². The Kier molecular flexibility index (Phi) is 3.66. The van der Waals surface area contributed by atoms with Crippen LogP contribution >= 0.6 is 0 Å². The number of carbonyl (C=O) groups is 1. The van der Waals surface area contributed by atoms with Gasteiger partial charge in [-0.25, -0.2) is 4.79 Å². The molecule has 0 aliphatic carbocycles. The Morgan fingerprint density at radius 2 is 2.00 bits per heavy atom. The average Bonchev–Trinajstić information content (AvgIpc) is 3.25. The SMILES string of the molecule is CC1(C2CCN(C(=O)OCc3ccccc3)CC2)CO1. The second-order valence-electron chi connectivity index (χ2n) is 5.90. The molecule has 108 valence electrons. The molecule has 0 saturated carbocycles. The lowest BCUT2D eigenvalue weighted by Gasteiger charge is -2.33. The quantitative estimate of drug-likeness (QED) is 0.797. The van der Waals surface area contributed by atoms with Gasteiger partial charge in [-0.1, -0.05) is 30.3 Å². The van der Waals surface area contributed by atoms with E-state index in [9.17, 15) is 4.79 Å². The summed E-state index contributed by atoms with van der Waals surface area (Å²) in [7, 11) is 0. The minimum Gasteiger partial charge on any atom is -0.445 e. The number of benzene rings is 1. The van der Waals surface area contributed by atoms with Crippen molar-refractivity contribution < 1.29 is 14.3 Å². The molecule has 0 N–H and O–H groups in total. The molecule has 1 unspecified atom stereocenters. The summed E-state index contributed by atoms with van der Waals surface area (Å²) in [5.74, 6) is 0.584. The molecule has 1 atom stereocenters. The second kappa shape index (κ2) is 5.44. The van der Waals surface area contributed by atoms with Gasteiger partial charge in [-0.05, 0) is 31.2 Å². The van der Waals surface area contributed by atoms with Gasteiger partial charge in [0.15, 0.2) is 0 Å². The number of ether oxygens (including phenoxy) is 2. The van der Waals surface area contributed by atoms with Crippen molar-refractivity contribution in [3.05, 3.63) is 35.9 Å². The zero-order valence-corrected chi connectivity index (χ0v) is 11.9. The first-order chi connectivity index (χ1) is 9.67. The maximum absolute atomic E-state index is 12.0. The highest BCUT2D eigenvalue weighted by Gasteiger charge is 2.47. The zero-order chi connectivity index (χ0) is 14.0. The van der Waals surface area contributed by atoms with E-state index in [4.69, 9.17) is 9.47 Å². The topological polar surface area (TPSA) is 42.1 Å². The normalized spacial score (nSPS) is 26.4. The van der Waals surface area contributed by atoms with Gasteiger partial charge in [0.05, 0.1) is 12.2 Å².